The van der Waals surface area contributed by atoms with Crippen LogP contribution in [-0.4, -0.2) is 17.4 Å². The largest absolute Gasteiger partial charge is 0.454 e. The lowest BCUT2D eigenvalue weighted by molar-refractivity contribution is -0.148. The Hall–Kier alpha value is -1.35. The highest BCUT2D eigenvalue weighted by atomic mass is 35.5. The van der Waals surface area contributed by atoms with Crippen LogP contribution in [0.25, 0.3) is 0 Å². The summed E-state index contributed by atoms with van der Waals surface area (Å²) in [4.78, 5) is 23.1. The first-order valence-corrected chi connectivity index (χ1v) is 5.20. The molecule has 0 saturated carbocycles. The van der Waals surface area contributed by atoms with Crippen molar-refractivity contribution in [2.24, 2.45) is 0 Å². The van der Waals surface area contributed by atoms with Gasteiger partial charge < -0.3 is 4.74 Å². The molecule has 0 amide bonds. The average molecular weight is 241 g/mol. The molecule has 3 nitrogen and oxygen atoms in total. The molecule has 1 aromatic rings. The Morgan fingerprint density at radius 1 is 1.12 bits per heavy atom. The van der Waals surface area contributed by atoms with Gasteiger partial charge in [-0.2, -0.15) is 0 Å². The minimum atomic E-state index is -0.852. The molecule has 4 heteroatoms. The molecular formula is C12H13ClO3. The van der Waals surface area contributed by atoms with Crippen molar-refractivity contribution in [3.63, 3.8) is 0 Å². The van der Waals surface area contributed by atoms with Gasteiger partial charge in [0.05, 0.1) is 0 Å². The van der Waals surface area contributed by atoms with Crippen molar-refractivity contribution in [1.82, 2.24) is 0 Å². The fourth-order valence-electron chi connectivity index (χ4n) is 1.04. The van der Waals surface area contributed by atoms with Gasteiger partial charge in [0.1, 0.15) is 5.60 Å². The third kappa shape index (κ3) is 3.66. The van der Waals surface area contributed by atoms with Crippen LogP contribution in [-0.2, 0) is 9.53 Å². The van der Waals surface area contributed by atoms with Crippen LogP contribution in [0, 0.1) is 0 Å². The van der Waals surface area contributed by atoms with E-state index < -0.39 is 17.4 Å². The molecule has 0 aromatic heterocycles. The van der Waals surface area contributed by atoms with E-state index in [1.807, 2.05) is 0 Å². The van der Waals surface area contributed by atoms with Crippen LogP contribution in [0.15, 0.2) is 24.3 Å². The van der Waals surface area contributed by atoms with E-state index in [0.29, 0.717) is 5.02 Å². The number of hydrogen-bond acceptors (Lipinski definition) is 3. The first-order chi connectivity index (χ1) is 7.29. The standard InChI is InChI=1S/C12H13ClO3/c1-12(2,3)16-11(15)10(14)8-4-6-9(13)7-5-8/h4-7H,1-3H3. The molecule has 1 aromatic carbocycles. The Kier molecular flexibility index (Phi) is 3.70. The van der Waals surface area contributed by atoms with Crippen LogP contribution in [0.3, 0.4) is 0 Å². The Morgan fingerprint density at radius 3 is 2.06 bits per heavy atom. The third-order valence-electron chi connectivity index (χ3n) is 1.69. The van der Waals surface area contributed by atoms with Crippen molar-refractivity contribution in [2.45, 2.75) is 26.4 Å². The van der Waals surface area contributed by atoms with Crippen molar-refractivity contribution >= 4 is 23.4 Å². The number of carbonyl (C=O) groups is 2. The van der Waals surface area contributed by atoms with E-state index >= 15 is 0 Å². The summed E-state index contributed by atoms with van der Waals surface area (Å²) in [5.41, 5.74) is -0.391. The van der Waals surface area contributed by atoms with E-state index in [4.69, 9.17) is 16.3 Å². The molecule has 0 fully saturated rings. The van der Waals surface area contributed by atoms with Gasteiger partial charge in [0.25, 0.3) is 5.78 Å². The summed E-state index contributed by atoms with van der Waals surface area (Å²) >= 11 is 5.67. The lowest BCUT2D eigenvalue weighted by Crippen LogP contribution is -2.28. The lowest BCUT2D eigenvalue weighted by Gasteiger charge is -2.18. The van der Waals surface area contributed by atoms with Crippen LogP contribution >= 0.6 is 11.6 Å². The summed E-state index contributed by atoms with van der Waals surface area (Å²) in [5, 5.41) is 0.515. The number of rotatable bonds is 2. The van der Waals surface area contributed by atoms with Gasteiger partial charge in [-0.25, -0.2) is 4.79 Å². The fraction of sp³-hybridized carbons (Fsp3) is 0.333. The Labute approximate surface area is 99.4 Å². The monoisotopic (exact) mass is 240 g/mol. The van der Waals surface area contributed by atoms with Gasteiger partial charge in [0.2, 0.25) is 0 Å². The molecule has 0 atom stereocenters. The van der Waals surface area contributed by atoms with Crippen LogP contribution in [0.2, 0.25) is 5.02 Å². The smallest absolute Gasteiger partial charge is 0.380 e. The normalized spacial score (nSPS) is 11.0. The molecular weight excluding hydrogens is 228 g/mol. The first kappa shape index (κ1) is 12.7. The number of carbonyl (C=O) groups excluding carboxylic acids is 2. The predicted octanol–water partition coefficient (Wildman–Crippen LogP) is 2.86. The summed E-state index contributed by atoms with van der Waals surface area (Å²) in [6.45, 7) is 5.13. The second-order valence-electron chi connectivity index (χ2n) is 4.34. The van der Waals surface area contributed by atoms with Crippen molar-refractivity contribution in [3.05, 3.63) is 34.9 Å². The quantitative estimate of drug-likeness (QED) is 0.454. The van der Waals surface area contributed by atoms with Crippen molar-refractivity contribution < 1.29 is 14.3 Å². The molecule has 0 radical (unpaired) electrons. The van der Waals surface area contributed by atoms with E-state index in [0.717, 1.165) is 0 Å². The Morgan fingerprint density at radius 2 is 1.62 bits per heavy atom. The maximum atomic E-state index is 11.6. The summed E-state index contributed by atoms with van der Waals surface area (Å²) in [7, 11) is 0. The number of ketones is 1. The molecule has 0 spiro atoms. The number of esters is 1. The molecule has 0 aliphatic rings. The van der Waals surface area contributed by atoms with Crippen molar-refractivity contribution in [3.8, 4) is 0 Å². The number of ether oxygens (including phenoxy) is 1. The zero-order valence-corrected chi connectivity index (χ0v) is 10.2. The number of benzene rings is 1. The molecule has 0 aliphatic heterocycles. The molecule has 0 saturated heterocycles. The van der Waals surface area contributed by atoms with Gasteiger partial charge in [-0.15, -0.1) is 0 Å². The molecule has 0 N–H and O–H groups in total. The Balaban J connectivity index is 2.79. The Bertz CT molecular complexity index is 401. The van der Waals surface area contributed by atoms with Gasteiger partial charge in [0, 0.05) is 10.6 Å². The SMILES string of the molecule is CC(C)(C)OC(=O)C(=O)c1ccc(Cl)cc1. The molecule has 0 heterocycles. The molecule has 86 valence electrons. The number of Topliss-reactive ketones (excluding diaryl/α,β-unsaturated/α-hetero) is 1. The first-order valence-electron chi connectivity index (χ1n) is 4.83. The summed E-state index contributed by atoms with van der Waals surface area (Å²) in [5.74, 6) is -1.51. The second-order valence-corrected chi connectivity index (χ2v) is 4.77. The van der Waals surface area contributed by atoms with E-state index in [2.05, 4.69) is 0 Å². The van der Waals surface area contributed by atoms with Gasteiger partial charge in [-0.3, -0.25) is 4.79 Å². The van der Waals surface area contributed by atoms with Gasteiger partial charge in [0.15, 0.2) is 0 Å². The predicted molar refractivity (Wildman–Crippen MR) is 61.6 cm³/mol. The van der Waals surface area contributed by atoms with Crippen molar-refractivity contribution in [1.29, 1.82) is 0 Å². The highest BCUT2D eigenvalue weighted by Gasteiger charge is 2.23. The zero-order chi connectivity index (χ0) is 12.3. The fourth-order valence-corrected chi connectivity index (χ4v) is 1.17. The molecule has 0 unspecified atom stereocenters. The maximum absolute atomic E-state index is 11.6. The molecule has 0 aliphatic carbocycles. The average Bonchev–Trinajstić information content (AvgIpc) is 2.15. The minimum absolute atomic E-state index is 0.277. The van der Waals surface area contributed by atoms with Crippen LogP contribution in [0.4, 0.5) is 0 Å². The van der Waals surface area contributed by atoms with E-state index in [1.54, 1.807) is 32.9 Å². The number of halogens is 1. The van der Waals surface area contributed by atoms with Gasteiger partial charge in [-0.05, 0) is 45.0 Å². The van der Waals surface area contributed by atoms with E-state index in [1.165, 1.54) is 12.1 Å². The molecule has 16 heavy (non-hydrogen) atoms. The van der Waals surface area contributed by atoms with E-state index in [9.17, 15) is 9.59 Å². The topological polar surface area (TPSA) is 43.4 Å². The highest BCUT2D eigenvalue weighted by Crippen LogP contribution is 2.13. The zero-order valence-electron chi connectivity index (χ0n) is 9.41. The van der Waals surface area contributed by atoms with Crippen molar-refractivity contribution in [2.75, 3.05) is 0 Å². The van der Waals surface area contributed by atoms with Gasteiger partial charge in [-0.1, -0.05) is 11.6 Å². The highest BCUT2D eigenvalue weighted by molar-refractivity contribution is 6.41. The second kappa shape index (κ2) is 4.66. The number of hydrogen-bond donors (Lipinski definition) is 0. The summed E-state index contributed by atoms with van der Waals surface area (Å²) < 4.78 is 4.96. The van der Waals surface area contributed by atoms with Gasteiger partial charge >= 0.3 is 5.97 Å². The minimum Gasteiger partial charge on any atom is -0.454 e. The molecule has 0 bridgehead atoms. The lowest BCUT2D eigenvalue weighted by atomic mass is 10.1. The summed E-state index contributed by atoms with van der Waals surface area (Å²) in [6, 6.07) is 6.10. The summed E-state index contributed by atoms with van der Waals surface area (Å²) in [6.07, 6.45) is 0. The molecule has 1 rings (SSSR count). The van der Waals surface area contributed by atoms with E-state index in [-0.39, 0.29) is 5.56 Å². The van der Waals surface area contributed by atoms with Crippen LogP contribution in [0.1, 0.15) is 31.1 Å². The van der Waals surface area contributed by atoms with Crippen LogP contribution in [0.5, 0.6) is 0 Å². The van der Waals surface area contributed by atoms with Crippen LogP contribution < -0.4 is 0 Å². The third-order valence-corrected chi connectivity index (χ3v) is 1.94. The maximum Gasteiger partial charge on any atom is 0.380 e.